The Balaban J connectivity index is 1.98. The zero-order valence-electron chi connectivity index (χ0n) is 55.3. The van der Waals surface area contributed by atoms with Crippen molar-refractivity contribution in [2.24, 2.45) is 0 Å². The van der Waals surface area contributed by atoms with E-state index in [1.54, 1.807) is 42.0 Å². The zero-order valence-corrected chi connectivity index (χ0v) is 61.1. The molecule has 0 heterocycles. The molecule has 1 saturated carbocycles. The Labute approximate surface area is 510 Å². The molecule has 1 nitrogen and oxygen atoms in total. The highest BCUT2D eigenvalue weighted by Gasteiger charge is 2.42. The minimum atomic E-state index is -1.76. The lowest BCUT2D eigenvalue weighted by molar-refractivity contribution is 0.373. The molecule has 7 heteroatoms. The molecule has 0 radical (unpaired) electrons. The highest BCUT2D eigenvalue weighted by atomic mass is 31.2. The molecule has 5 rings (SSSR count). The first-order chi connectivity index (χ1) is 39.6. The van der Waals surface area contributed by atoms with E-state index in [-0.39, 0.29) is 0 Å². The normalized spacial score (nSPS) is 14.4. The van der Waals surface area contributed by atoms with Crippen LogP contribution in [0.25, 0.3) is 0 Å². The maximum absolute atomic E-state index is 3.40. The van der Waals surface area contributed by atoms with E-state index in [4.69, 9.17) is 0 Å². The number of unbranched alkanes of at least 4 members (excludes halogenated alkanes) is 6. The van der Waals surface area contributed by atoms with Crippen LogP contribution < -0.4 is 42.0 Å². The van der Waals surface area contributed by atoms with Crippen molar-refractivity contribution in [2.75, 3.05) is 0 Å². The van der Waals surface area contributed by atoms with Gasteiger partial charge in [-0.25, -0.2) is 4.44 Å². The third-order valence-electron chi connectivity index (χ3n) is 20.1. The maximum Gasteiger partial charge on any atom is 0.0867 e. The molecule has 4 aromatic carbocycles. The Morgan fingerprint density at radius 2 is 0.568 bits per heavy atom. The molecule has 1 aliphatic rings. The molecule has 0 amide bonds. The summed E-state index contributed by atoms with van der Waals surface area (Å²) in [7, 11) is -8.77. The Kier molecular flexibility index (Phi) is 33.0. The minimum Gasteiger partial charge on any atom is -0.242 e. The van der Waals surface area contributed by atoms with E-state index >= 15 is 0 Å². The second kappa shape index (κ2) is 38.0. The van der Waals surface area contributed by atoms with Gasteiger partial charge in [-0.3, -0.25) is 0 Å². The lowest BCUT2D eigenvalue weighted by atomic mass is 9.97. The summed E-state index contributed by atoms with van der Waals surface area (Å²) in [6, 6.07) is 61.7. The van der Waals surface area contributed by atoms with Crippen LogP contribution in [-0.2, 0) is 0 Å². The summed E-state index contributed by atoms with van der Waals surface area (Å²) in [6.45, 7) is 29.6. The molecule has 0 aromatic heterocycles. The van der Waals surface area contributed by atoms with Crippen LogP contribution in [-0.4, -0.2) is 42.8 Å². The molecule has 0 bridgehead atoms. The first-order valence-corrected chi connectivity index (χ1v) is 48.5. The predicted octanol–water partition coefficient (Wildman–Crippen LogP) is 21.4. The van der Waals surface area contributed by atoms with Crippen molar-refractivity contribution in [2.45, 2.75) is 322 Å². The maximum atomic E-state index is 3.40. The van der Waals surface area contributed by atoms with Crippen LogP contribution in [0, 0.1) is 0 Å². The summed E-state index contributed by atoms with van der Waals surface area (Å²) in [5.41, 5.74) is 0. The molecule has 81 heavy (non-hydrogen) atoms. The number of hydrogen-bond acceptors (Lipinski definition) is 1. The Morgan fingerprint density at radius 1 is 0.296 bits per heavy atom. The topological polar surface area (TPSA) is 3.24 Å². The zero-order chi connectivity index (χ0) is 58.4. The fourth-order valence-electron chi connectivity index (χ4n) is 15.9. The van der Waals surface area contributed by atoms with Crippen LogP contribution in [0.4, 0.5) is 0 Å². The molecule has 454 valence electrons. The summed E-state index contributed by atoms with van der Waals surface area (Å²) in [6.07, 6.45) is 33.5. The van der Waals surface area contributed by atoms with Crippen molar-refractivity contribution in [1.29, 1.82) is 0 Å². The Bertz CT molecular complexity index is 2050. The summed E-state index contributed by atoms with van der Waals surface area (Å²) in [4.78, 5) is 0. The SMILES string of the molecule is CCCC[Si](CCCC)(CCCC)c1ccc(P(c2ccc([Si](CCCC)(CCCC)CCCC)cc2)N(C2CCCCCCC2)P(c2cccc([Si](CCC)(CCC)CCC)c2)c2cccc([Si](CCC)(CCC)CCC)c2)cc1. The van der Waals surface area contributed by atoms with Gasteiger partial charge < -0.3 is 0 Å². The van der Waals surface area contributed by atoms with Gasteiger partial charge in [0.2, 0.25) is 0 Å². The van der Waals surface area contributed by atoms with Crippen LogP contribution >= 0.6 is 16.1 Å². The summed E-state index contributed by atoms with van der Waals surface area (Å²) in [5.74, 6) is 0. The van der Waals surface area contributed by atoms with Crippen molar-refractivity contribution >= 4 is 90.4 Å². The molecular formula is C74H127NP2Si4. The fraction of sp³-hybridized carbons (Fsp3) is 0.676. The van der Waals surface area contributed by atoms with Gasteiger partial charge in [-0.15, -0.1) is 0 Å². The van der Waals surface area contributed by atoms with Crippen LogP contribution in [0.3, 0.4) is 0 Å². The third-order valence-corrected chi connectivity index (χ3v) is 48.5. The molecular weight excluding hydrogens is 1080 g/mol. The monoisotopic (exact) mass is 1200 g/mol. The molecule has 0 atom stereocenters. The van der Waals surface area contributed by atoms with Gasteiger partial charge in [-0.2, -0.15) is 0 Å². The van der Waals surface area contributed by atoms with E-state index in [0.717, 1.165) is 0 Å². The number of benzene rings is 4. The van der Waals surface area contributed by atoms with E-state index in [0.29, 0.717) is 6.04 Å². The van der Waals surface area contributed by atoms with Gasteiger partial charge in [0, 0.05) is 22.2 Å². The van der Waals surface area contributed by atoms with Crippen LogP contribution in [0.2, 0.25) is 72.5 Å². The van der Waals surface area contributed by atoms with Crippen LogP contribution in [0.15, 0.2) is 97.1 Å². The molecule has 0 saturated heterocycles. The average Bonchev–Trinajstić information content (AvgIpc) is 3.60. The third kappa shape index (κ3) is 19.3. The molecule has 0 spiro atoms. The minimum absolute atomic E-state index is 0.529. The molecule has 0 N–H and O–H groups in total. The summed E-state index contributed by atoms with van der Waals surface area (Å²) >= 11 is 0. The molecule has 1 fully saturated rings. The highest BCUT2D eigenvalue weighted by molar-refractivity contribution is 7.84. The van der Waals surface area contributed by atoms with Gasteiger partial charge >= 0.3 is 0 Å². The highest BCUT2D eigenvalue weighted by Crippen LogP contribution is 2.58. The summed E-state index contributed by atoms with van der Waals surface area (Å²) < 4.78 is 3.40. The molecule has 0 unspecified atom stereocenters. The predicted molar refractivity (Wildman–Crippen MR) is 387 cm³/mol. The van der Waals surface area contributed by atoms with Gasteiger partial charge in [0.15, 0.2) is 0 Å². The van der Waals surface area contributed by atoms with Crippen molar-refractivity contribution in [3.63, 3.8) is 0 Å². The van der Waals surface area contributed by atoms with Gasteiger partial charge in [0.05, 0.1) is 32.3 Å². The fourth-order valence-corrected chi connectivity index (χ4v) is 44.5. The van der Waals surface area contributed by atoms with Crippen molar-refractivity contribution in [3.05, 3.63) is 97.1 Å². The number of nitrogens with zero attached hydrogens (tertiary/aromatic N) is 1. The van der Waals surface area contributed by atoms with E-state index in [1.807, 2.05) is 0 Å². The van der Waals surface area contributed by atoms with E-state index in [1.165, 1.54) is 233 Å². The lowest BCUT2D eigenvalue weighted by Crippen LogP contribution is -2.49. The average molecular weight is 1210 g/mol. The van der Waals surface area contributed by atoms with E-state index < -0.39 is 48.4 Å². The van der Waals surface area contributed by atoms with Crippen molar-refractivity contribution in [3.8, 4) is 0 Å². The quantitative estimate of drug-likeness (QED) is 0.0316. The first kappa shape index (κ1) is 70.3. The van der Waals surface area contributed by atoms with Crippen LogP contribution in [0.1, 0.15) is 244 Å². The summed E-state index contributed by atoms with van der Waals surface area (Å²) in [5, 5.41) is 13.7. The van der Waals surface area contributed by atoms with Gasteiger partial charge in [0.25, 0.3) is 0 Å². The van der Waals surface area contributed by atoms with Crippen molar-refractivity contribution in [1.82, 2.24) is 4.44 Å². The lowest BCUT2D eigenvalue weighted by Gasteiger charge is -2.45. The molecule has 4 aromatic rings. The van der Waals surface area contributed by atoms with E-state index in [2.05, 4.69) is 185 Å². The largest absolute Gasteiger partial charge is 0.242 e. The molecule has 1 aliphatic carbocycles. The smallest absolute Gasteiger partial charge is 0.0867 e. The second-order valence-electron chi connectivity index (χ2n) is 26.4. The molecule has 0 aliphatic heterocycles. The van der Waals surface area contributed by atoms with Gasteiger partial charge in [0.1, 0.15) is 0 Å². The first-order valence-electron chi connectivity index (χ1n) is 35.4. The Hall–Kier alpha value is -1.43. The standard InChI is InChI=1S/C74H127NP2Si4/c1-13-25-58-80(59-26-14-2,60-27-15-3)71-48-44-67(45-49-71)76(68-46-50-72(51-47-68)81(61-28-16-4,62-29-17-5)63-30-18-6)75(66-38-34-32-31-33-35-39-66)77(69-40-36-42-73(64-69)78(52-19-7,53-20-8)54-21-9)70-41-37-43-74(65-70)79(55-22-10,56-23-11)57-24-12/h36-37,40-51,64-66H,13-35,38-39,52-63H2,1-12H3. The van der Waals surface area contributed by atoms with Gasteiger partial charge in [-0.05, 0) is 34.1 Å². The Morgan fingerprint density at radius 3 is 0.852 bits per heavy atom. The van der Waals surface area contributed by atoms with E-state index in [9.17, 15) is 0 Å². The van der Waals surface area contributed by atoms with Gasteiger partial charge in [-0.1, -0.05) is 421 Å². The number of hydrogen-bond donors (Lipinski definition) is 0. The van der Waals surface area contributed by atoms with Crippen LogP contribution in [0.5, 0.6) is 0 Å². The van der Waals surface area contributed by atoms with Crippen molar-refractivity contribution < 1.29 is 0 Å². The number of rotatable bonds is 41. The second-order valence-corrected chi connectivity index (χ2v) is 49.4.